The third-order valence-electron chi connectivity index (χ3n) is 2.44. The van der Waals surface area contributed by atoms with E-state index in [-0.39, 0.29) is 0 Å². The molecule has 5 heteroatoms. The minimum Gasteiger partial charge on any atom is -0.129 e. The highest BCUT2D eigenvalue weighted by Crippen LogP contribution is 2.42. The Hall–Kier alpha value is -0.0500. The molecule has 94 valence electrons. The van der Waals surface area contributed by atoms with Gasteiger partial charge in [-0.05, 0) is 30.5 Å². The first kappa shape index (κ1) is 14.4. The smallest absolute Gasteiger partial charge is 0.0511 e. The quantitative estimate of drug-likeness (QED) is 0.550. The lowest BCUT2D eigenvalue weighted by Crippen LogP contribution is -1.86. The summed E-state index contributed by atoms with van der Waals surface area (Å²) < 4.78 is 0. The van der Waals surface area contributed by atoms with E-state index >= 15 is 0 Å². The maximum absolute atomic E-state index is 6.27. The highest BCUT2D eigenvalue weighted by molar-refractivity contribution is 7.98. The molecule has 0 spiro atoms. The fraction of sp³-hybridized carbons (Fsp3) is 0.0769. The van der Waals surface area contributed by atoms with Crippen molar-refractivity contribution < 1.29 is 0 Å². The number of thioether (sulfide) groups is 1. The molecule has 0 bridgehead atoms. The Kier molecular flexibility index (Phi) is 4.74. The Morgan fingerprint density at radius 2 is 1.50 bits per heavy atom. The molecule has 18 heavy (non-hydrogen) atoms. The Morgan fingerprint density at radius 1 is 0.833 bits per heavy atom. The molecule has 0 atom stereocenters. The highest BCUT2D eigenvalue weighted by Gasteiger charge is 2.14. The number of benzene rings is 2. The maximum Gasteiger partial charge on any atom is 0.0511 e. The molecular weight excluding hydrogens is 330 g/mol. The van der Waals surface area contributed by atoms with Gasteiger partial charge in [0, 0.05) is 31.1 Å². The minimum absolute atomic E-state index is 0.571. The van der Waals surface area contributed by atoms with Gasteiger partial charge in [-0.25, -0.2) is 0 Å². The maximum atomic E-state index is 6.27. The van der Waals surface area contributed by atoms with E-state index in [1.165, 1.54) is 0 Å². The predicted octanol–water partition coefficient (Wildman–Crippen LogP) is 6.69. The molecule has 2 rings (SSSR count). The first-order valence-corrected chi connectivity index (χ1v) is 7.75. The summed E-state index contributed by atoms with van der Waals surface area (Å²) in [6.45, 7) is 0. The van der Waals surface area contributed by atoms with Gasteiger partial charge in [0.05, 0.1) is 5.02 Å². The van der Waals surface area contributed by atoms with Crippen LogP contribution in [0.15, 0.2) is 35.2 Å². The summed E-state index contributed by atoms with van der Waals surface area (Å²) in [5.74, 6) is 0. The van der Waals surface area contributed by atoms with Crippen molar-refractivity contribution in [1.82, 2.24) is 0 Å². The summed E-state index contributed by atoms with van der Waals surface area (Å²) >= 11 is 26.0. The van der Waals surface area contributed by atoms with E-state index in [2.05, 4.69) is 0 Å². The van der Waals surface area contributed by atoms with Gasteiger partial charge in [-0.2, -0.15) is 0 Å². The van der Waals surface area contributed by atoms with E-state index in [1.54, 1.807) is 30.0 Å². The molecule has 0 nitrogen and oxygen atoms in total. The molecule has 0 aliphatic heterocycles. The topological polar surface area (TPSA) is 0 Å². The zero-order valence-electron chi connectivity index (χ0n) is 9.31. The SMILES string of the molecule is CSc1cc(Cl)cc(Cl)c1-c1ccc(Cl)cc1Cl. The number of hydrogen-bond donors (Lipinski definition) is 0. The monoisotopic (exact) mass is 336 g/mol. The fourth-order valence-corrected chi connectivity index (χ4v) is 3.55. The van der Waals surface area contributed by atoms with Gasteiger partial charge in [0.2, 0.25) is 0 Å². The average molecular weight is 338 g/mol. The third-order valence-corrected chi connectivity index (χ3v) is 4.27. The summed E-state index contributed by atoms with van der Waals surface area (Å²) in [4.78, 5) is 0.983. The van der Waals surface area contributed by atoms with Crippen LogP contribution in [0.2, 0.25) is 20.1 Å². The van der Waals surface area contributed by atoms with Crippen molar-refractivity contribution in [2.24, 2.45) is 0 Å². The van der Waals surface area contributed by atoms with Gasteiger partial charge in [-0.15, -0.1) is 11.8 Å². The van der Waals surface area contributed by atoms with Crippen LogP contribution in [0, 0.1) is 0 Å². The molecule has 0 saturated heterocycles. The Balaban J connectivity index is 2.70. The van der Waals surface area contributed by atoms with E-state index in [1.807, 2.05) is 18.4 Å². The van der Waals surface area contributed by atoms with Gasteiger partial charge in [-0.3, -0.25) is 0 Å². The molecule has 0 aliphatic rings. The van der Waals surface area contributed by atoms with Crippen molar-refractivity contribution in [1.29, 1.82) is 0 Å². The normalized spacial score (nSPS) is 10.7. The fourth-order valence-electron chi connectivity index (χ4n) is 1.66. The van der Waals surface area contributed by atoms with Gasteiger partial charge >= 0.3 is 0 Å². The zero-order chi connectivity index (χ0) is 13.3. The van der Waals surface area contributed by atoms with E-state index in [4.69, 9.17) is 46.4 Å². The largest absolute Gasteiger partial charge is 0.129 e. The summed E-state index contributed by atoms with van der Waals surface area (Å²) in [5, 5.41) is 2.36. The second-order valence-electron chi connectivity index (χ2n) is 3.59. The summed E-state index contributed by atoms with van der Waals surface area (Å²) in [6.07, 6.45) is 1.97. The first-order valence-electron chi connectivity index (χ1n) is 5.01. The second-order valence-corrected chi connectivity index (χ2v) is 6.12. The zero-order valence-corrected chi connectivity index (χ0v) is 13.1. The Bertz CT molecular complexity index is 596. The molecule has 0 aliphatic carbocycles. The summed E-state index contributed by atoms with van der Waals surface area (Å²) in [6, 6.07) is 8.94. The summed E-state index contributed by atoms with van der Waals surface area (Å²) in [7, 11) is 0. The molecule has 0 amide bonds. The third kappa shape index (κ3) is 2.92. The molecule has 0 saturated carbocycles. The van der Waals surface area contributed by atoms with Crippen molar-refractivity contribution >= 4 is 58.2 Å². The highest BCUT2D eigenvalue weighted by atomic mass is 35.5. The van der Waals surface area contributed by atoms with Crippen LogP contribution in [0.5, 0.6) is 0 Å². The number of halogens is 4. The van der Waals surface area contributed by atoms with E-state index in [9.17, 15) is 0 Å². The molecule has 0 radical (unpaired) electrons. The number of rotatable bonds is 2. The molecular formula is C13H8Cl4S. The van der Waals surface area contributed by atoms with Crippen LogP contribution in [-0.4, -0.2) is 6.26 Å². The predicted molar refractivity (Wildman–Crippen MR) is 83.7 cm³/mol. The van der Waals surface area contributed by atoms with Gasteiger partial charge in [0.15, 0.2) is 0 Å². The van der Waals surface area contributed by atoms with Gasteiger partial charge in [-0.1, -0.05) is 52.5 Å². The van der Waals surface area contributed by atoms with Crippen molar-refractivity contribution in [3.8, 4) is 11.1 Å². The van der Waals surface area contributed by atoms with Gasteiger partial charge < -0.3 is 0 Å². The van der Waals surface area contributed by atoms with Crippen LogP contribution in [0.4, 0.5) is 0 Å². The van der Waals surface area contributed by atoms with Gasteiger partial charge in [0.1, 0.15) is 0 Å². The van der Waals surface area contributed by atoms with Crippen molar-refractivity contribution in [2.45, 2.75) is 4.90 Å². The second kappa shape index (κ2) is 5.94. The van der Waals surface area contributed by atoms with E-state index in [0.29, 0.717) is 20.1 Å². The van der Waals surface area contributed by atoms with E-state index in [0.717, 1.165) is 16.0 Å². The molecule has 2 aromatic carbocycles. The Morgan fingerprint density at radius 3 is 2.11 bits per heavy atom. The van der Waals surface area contributed by atoms with Crippen LogP contribution in [-0.2, 0) is 0 Å². The van der Waals surface area contributed by atoms with Crippen LogP contribution in [0.25, 0.3) is 11.1 Å². The van der Waals surface area contributed by atoms with Gasteiger partial charge in [0.25, 0.3) is 0 Å². The van der Waals surface area contributed by atoms with Crippen LogP contribution in [0.1, 0.15) is 0 Å². The first-order chi connectivity index (χ1) is 8.52. The molecule has 0 aromatic heterocycles. The molecule has 0 N–H and O–H groups in total. The molecule has 0 unspecified atom stereocenters. The van der Waals surface area contributed by atoms with Crippen LogP contribution in [0.3, 0.4) is 0 Å². The number of hydrogen-bond acceptors (Lipinski definition) is 1. The molecule has 2 aromatic rings. The Labute approximate surface area is 130 Å². The summed E-state index contributed by atoms with van der Waals surface area (Å²) in [5.41, 5.74) is 1.74. The average Bonchev–Trinajstić information content (AvgIpc) is 2.29. The van der Waals surface area contributed by atoms with Crippen molar-refractivity contribution in [3.63, 3.8) is 0 Å². The lowest BCUT2D eigenvalue weighted by molar-refractivity contribution is 1.45. The van der Waals surface area contributed by atoms with Crippen molar-refractivity contribution in [2.75, 3.05) is 6.26 Å². The van der Waals surface area contributed by atoms with Crippen LogP contribution >= 0.6 is 58.2 Å². The molecule has 0 fully saturated rings. The lowest BCUT2D eigenvalue weighted by atomic mass is 10.1. The minimum atomic E-state index is 0.571. The van der Waals surface area contributed by atoms with Crippen LogP contribution < -0.4 is 0 Å². The lowest BCUT2D eigenvalue weighted by Gasteiger charge is -2.12. The van der Waals surface area contributed by atoms with E-state index < -0.39 is 0 Å². The standard InChI is InChI=1S/C13H8Cl4S/c1-18-12-6-8(15)5-11(17)13(12)9-3-2-7(14)4-10(9)16/h2-6H,1H3. The van der Waals surface area contributed by atoms with Crippen molar-refractivity contribution in [3.05, 3.63) is 50.4 Å². The molecule has 0 heterocycles.